The number of imide groups is 1. The molecule has 1 heterocycles. The van der Waals surface area contributed by atoms with Crippen LogP contribution in [0.25, 0.3) is 0 Å². The molecule has 0 aliphatic carbocycles. The molecule has 2 rings (SSSR count). The molecule has 1 fully saturated rings. The van der Waals surface area contributed by atoms with Gasteiger partial charge in [-0.25, -0.2) is 9.29 Å². The van der Waals surface area contributed by atoms with E-state index < -0.39 is 5.82 Å². The van der Waals surface area contributed by atoms with E-state index in [0.29, 0.717) is 31.4 Å². The molecule has 0 aromatic heterocycles. The van der Waals surface area contributed by atoms with Crippen molar-refractivity contribution in [3.8, 4) is 11.8 Å². The molecule has 21 heavy (non-hydrogen) atoms. The smallest absolute Gasteiger partial charge is 0.233 e. The summed E-state index contributed by atoms with van der Waals surface area (Å²) in [4.78, 5) is 25.3. The Balaban J connectivity index is 2.44. The molecule has 1 N–H and O–H groups in total. The Hall–Kier alpha value is -2.19. The van der Waals surface area contributed by atoms with Crippen LogP contribution in [0, 0.1) is 17.7 Å². The molecule has 4 nitrogen and oxygen atoms in total. The number of hydrogen-bond donors (Lipinski definition) is 1. The topological polar surface area (TPSA) is 57.6 Å². The van der Waals surface area contributed by atoms with E-state index in [0.717, 1.165) is 4.90 Å². The van der Waals surface area contributed by atoms with Crippen molar-refractivity contribution >= 4 is 17.5 Å². The minimum Gasteiger partial charge on any atom is -0.395 e. The van der Waals surface area contributed by atoms with E-state index in [2.05, 4.69) is 11.8 Å². The van der Waals surface area contributed by atoms with Crippen LogP contribution >= 0.6 is 0 Å². The Kier molecular flexibility index (Phi) is 5.07. The summed E-state index contributed by atoms with van der Waals surface area (Å²) in [5.41, 5.74) is 0.603. The largest absolute Gasteiger partial charge is 0.395 e. The molecule has 0 atom stereocenters. The number of nitrogens with zero attached hydrogens (tertiary/aromatic N) is 1. The normalized spacial score (nSPS) is 15.4. The molecule has 0 spiro atoms. The maximum Gasteiger partial charge on any atom is 0.233 e. The van der Waals surface area contributed by atoms with E-state index >= 15 is 0 Å². The van der Waals surface area contributed by atoms with Gasteiger partial charge in [-0.2, -0.15) is 0 Å². The molecule has 1 aliphatic heterocycles. The van der Waals surface area contributed by atoms with Gasteiger partial charge in [-0.3, -0.25) is 9.59 Å². The summed E-state index contributed by atoms with van der Waals surface area (Å²) in [5.74, 6) is 4.35. The standard InChI is InChI=1S/C16H16FNO3/c17-13-8-9-14(12(11-13)5-3-4-10-19)18-15(20)6-1-2-7-16(18)21/h8-9,11,19H,1-2,4,6-7,10H2. The lowest BCUT2D eigenvalue weighted by Crippen LogP contribution is -2.35. The highest BCUT2D eigenvalue weighted by atomic mass is 19.1. The molecule has 5 heteroatoms. The number of aliphatic hydroxyl groups is 1. The van der Waals surface area contributed by atoms with Crippen LogP contribution in [0.4, 0.5) is 10.1 Å². The maximum absolute atomic E-state index is 13.4. The summed E-state index contributed by atoms with van der Waals surface area (Å²) in [6.45, 7) is -0.0980. The highest BCUT2D eigenvalue weighted by Crippen LogP contribution is 2.25. The number of anilines is 1. The van der Waals surface area contributed by atoms with E-state index in [9.17, 15) is 14.0 Å². The summed E-state index contributed by atoms with van der Waals surface area (Å²) in [5, 5.41) is 8.74. The van der Waals surface area contributed by atoms with Crippen molar-refractivity contribution < 1.29 is 19.1 Å². The van der Waals surface area contributed by atoms with Crippen molar-refractivity contribution in [2.45, 2.75) is 32.1 Å². The number of benzene rings is 1. The molecule has 1 saturated heterocycles. The lowest BCUT2D eigenvalue weighted by Gasteiger charge is -2.20. The van der Waals surface area contributed by atoms with Gasteiger partial charge in [-0.05, 0) is 31.0 Å². The van der Waals surface area contributed by atoms with Gasteiger partial charge in [0, 0.05) is 19.3 Å². The van der Waals surface area contributed by atoms with Crippen LogP contribution in [0.3, 0.4) is 0 Å². The third kappa shape index (κ3) is 3.67. The zero-order valence-electron chi connectivity index (χ0n) is 11.6. The molecule has 0 saturated carbocycles. The zero-order chi connectivity index (χ0) is 15.2. The van der Waals surface area contributed by atoms with Gasteiger partial charge in [0.1, 0.15) is 5.82 Å². The van der Waals surface area contributed by atoms with Crippen LogP contribution in [0.15, 0.2) is 18.2 Å². The van der Waals surface area contributed by atoms with Gasteiger partial charge >= 0.3 is 0 Å². The summed E-state index contributed by atoms with van der Waals surface area (Å²) in [7, 11) is 0. The van der Waals surface area contributed by atoms with Crippen molar-refractivity contribution in [1.29, 1.82) is 0 Å². The summed E-state index contributed by atoms with van der Waals surface area (Å²) >= 11 is 0. The van der Waals surface area contributed by atoms with E-state index in [1.54, 1.807) is 0 Å². The summed E-state index contributed by atoms with van der Waals surface area (Å²) in [6, 6.07) is 3.81. The molecule has 0 radical (unpaired) electrons. The number of rotatable bonds is 2. The second kappa shape index (κ2) is 7.00. The number of carbonyl (C=O) groups is 2. The minimum atomic E-state index is -0.484. The average Bonchev–Trinajstić information content (AvgIpc) is 2.61. The van der Waals surface area contributed by atoms with Gasteiger partial charge in [0.25, 0.3) is 0 Å². The molecule has 2 amide bonds. The Morgan fingerprint density at radius 1 is 1.19 bits per heavy atom. The third-order valence-electron chi connectivity index (χ3n) is 3.19. The first-order valence-electron chi connectivity index (χ1n) is 6.88. The fraction of sp³-hybridized carbons (Fsp3) is 0.375. The highest BCUT2D eigenvalue weighted by molar-refractivity contribution is 6.16. The van der Waals surface area contributed by atoms with Crippen LogP contribution in [0.1, 0.15) is 37.7 Å². The summed E-state index contributed by atoms with van der Waals surface area (Å²) < 4.78 is 13.4. The molecule has 0 unspecified atom stereocenters. The molecule has 1 aliphatic rings. The van der Waals surface area contributed by atoms with E-state index in [1.807, 2.05) is 0 Å². The lowest BCUT2D eigenvalue weighted by atomic mass is 10.1. The fourth-order valence-electron chi connectivity index (χ4n) is 2.20. The van der Waals surface area contributed by atoms with Crippen molar-refractivity contribution in [2.75, 3.05) is 11.5 Å². The Morgan fingerprint density at radius 3 is 2.48 bits per heavy atom. The van der Waals surface area contributed by atoms with Crippen LogP contribution in [-0.4, -0.2) is 23.5 Å². The van der Waals surface area contributed by atoms with E-state index in [1.165, 1.54) is 18.2 Å². The predicted molar refractivity (Wildman–Crippen MR) is 75.9 cm³/mol. The fourth-order valence-corrected chi connectivity index (χ4v) is 2.20. The number of amides is 2. The number of halogens is 1. The van der Waals surface area contributed by atoms with Crippen molar-refractivity contribution in [3.63, 3.8) is 0 Å². The predicted octanol–water partition coefficient (Wildman–Crippen LogP) is 1.99. The SMILES string of the molecule is O=C1CCCCC(=O)N1c1ccc(F)cc1C#CCCO. The van der Waals surface area contributed by atoms with Gasteiger partial charge < -0.3 is 5.11 Å². The number of aliphatic hydroxyl groups excluding tert-OH is 1. The molecular formula is C16H16FNO3. The van der Waals surface area contributed by atoms with Crippen LogP contribution < -0.4 is 4.90 Å². The second-order valence-corrected chi connectivity index (χ2v) is 4.77. The monoisotopic (exact) mass is 289 g/mol. The second-order valence-electron chi connectivity index (χ2n) is 4.77. The van der Waals surface area contributed by atoms with Gasteiger partial charge in [-0.1, -0.05) is 11.8 Å². The zero-order valence-corrected chi connectivity index (χ0v) is 11.6. The van der Waals surface area contributed by atoms with Crippen molar-refractivity contribution in [1.82, 2.24) is 0 Å². The van der Waals surface area contributed by atoms with Gasteiger partial charge in [0.2, 0.25) is 11.8 Å². The van der Waals surface area contributed by atoms with Crippen LogP contribution in [0.5, 0.6) is 0 Å². The lowest BCUT2D eigenvalue weighted by molar-refractivity contribution is -0.125. The minimum absolute atomic E-state index is 0.0980. The number of carbonyl (C=O) groups excluding carboxylic acids is 2. The van der Waals surface area contributed by atoms with Gasteiger partial charge in [0.15, 0.2) is 0 Å². The van der Waals surface area contributed by atoms with Gasteiger partial charge in [0.05, 0.1) is 17.9 Å². The molecular weight excluding hydrogens is 273 g/mol. The quantitative estimate of drug-likeness (QED) is 0.669. The van der Waals surface area contributed by atoms with Crippen LogP contribution in [-0.2, 0) is 9.59 Å². The molecule has 0 bridgehead atoms. The van der Waals surface area contributed by atoms with E-state index in [-0.39, 0.29) is 30.4 Å². The summed E-state index contributed by atoms with van der Waals surface area (Å²) in [6.07, 6.45) is 2.19. The van der Waals surface area contributed by atoms with Crippen molar-refractivity contribution in [2.24, 2.45) is 0 Å². The highest BCUT2D eigenvalue weighted by Gasteiger charge is 2.27. The molecule has 1 aromatic rings. The number of hydrogen-bond acceptors (Lipinski definition) is 3. The van der Waals surface area contributed by atoms with E-state index in [4.69, 9.17) is 5.11 Å². The first-order chi connectivity index (χ1) is 10.1. The molecule has 110 valence electrons. The first kappa shape index (κ1) is 15.2. The Labute approximate surface area is 122 Å². The first-order valence-corrected chi connectivity index (χ1v) is 6.88. The Bertz CT molecular complexity index is 598. The van der Waals surface area contributed by atoms with Crippen molar-refractivity contribution in [3.05, 3.63) is 29.6 Å². The average molecular weight is 289 g/mol. The van der Waals surface area contributed by atoms with Gasteiger partial charge in [-0.15, -0.1) is 0 Å². The molecule has 1 aromatic carbocycles. The Morgan fingerprint density at radius 2 is 1.86 bits per heavy atom. The third-order valence-corrected chi connectivity index (χ3v) is 3.19. The maximum atomic E-state index is 13.4. The van der Waals surface area contributed by atoms with Crippen LogP contribution in [0.2, 0.25) is 0 Å².